The lowest BCUT2D eigenvalue weighted by atomic mass is 10.0. The van der Waals surface area contributed by atoms with E-state index in [1.54, 1.807) is 7.11 Å². The van der Waals surface area contributed by atoms with Gasteiger partial charge in [-0.1, -0.05) is 26.0 Å². The van der Waals surface area contributed by atoms with Crippen LogP contribution in [-0.4, -0.2) is 19.8 Å². The molecule has 3 heteroatoms. The molecule has 0 amide bonds. The lowest BCUT2D eigenvalue weighted by Crippen LogP contribution is -2.06. The summed E-state index contributed by atoms with van der Waals surface area (Å²) in [6.45, 7) is 6.99. The van der Waals surface area contributed by atoms with Crippen LogP contribution in [0.2, 0.25) is 0 Å². The third-order valence-corrected chi connectivity index (χ3v) is 3.76. The molecule has 0 radical (unpaired) electrons. The summed E-state index contributed by atoms with van der Waals surface area (Å²) in [6, 6.07) is 6.23. The van der Waals surface area contributed by atoms with E-state index in [-0.39, 0.29) is 11.5 Å². The fourth-order valence-corrected chi connectivity index (χ4v) is 2.54. The van der Waals surface area contributed by atoms with Gasteiger partial charge in [0.2, 0.25) is 0 Å². The molecule has 0 spiro atoms. The summed E-state index contributed by atoms with van der Waals surface area (Å²) in [5.41, 5.74) is 7.44. The summed E-state index contributed by atoms with van der Waals surface area (Å²) in [4.78, 5) is 0. The Balaban J connectivity index is 2.38. The van der Waals surface area contributed by atoms with Crippen LogP contribution in [0.15, 0.2) is 18.2 Å². The van der Waals surface area contributed by atoms with E-state index in [1.165, 1.54) is 0 Å². The molecule has 2 atom stereocenters. The third kappa shape index (κ3) is 1.89. The van der Waals surface area contributed by atoms with Gasteiger partial charge in [0.25, 0.3) is 0 Å². The van der Waals surface area contributed by atoms with Crippen molar-refractivity contribution in [3.05, 3.63) is 23.8 Å². The third-order valence-electron chi connectivity index (χ3n) is 3.76. The van der Waals surface area contributed by atoms with Gasteiger partial charge in [-0.2, -0.15) is 0 Å². The fraction of sp³-hybridized carbons (Fsp3) is 0.571. The lowest BCUT2D eigenvalue weighted by molar-refractivity contribution is 0.308. The number of methoxy groups -OCH3 is 1. The van der Waals surface area contributed by atoms with Gasteiger partial charge in [-0.3, -0.25) is 0 Å². The number of rotatable bonds is 4. The minimum atomic E-state index is 0.151. The van der Waals surface area contributed by atoms with Crippen LogP contribution >= 0.6 is 0 Å². The van der Waals surface area contributed by atoms with Crippen molar-refractivity contribution in [3.8, 4) is 11.5 Å². The maximum atomic E-state index is 6.13. The standard InChI is InChI=1S/C14H21NO2/c1-5-17-10-8-6-7-9(12(10)16-4)11-13(15)14(11,2)3/h6-8,11,13H,5,15H2,1-4H3/t11-,13-/m1/s1. The molecular weight excluding hydrogens is 214 g/mol. The second-order valence-corrected chi connectivity index (χ2v) is 5.14. The van der Waals surface area contributed by atoms with Gasteiger partial charge in [0, 0.05) is 17.5 Å². The van der Waals surface area contributed by atoms with Crippen molar-refractivity contribution in [2.24, 2.45) is 11.1 Å². The van der Waals surface area contributed by atoms with Crippen molar-refractivity contribution >= 4 is 0 Å². The Hall–Kier alpha value is -1.22. The molecule has 0 saturated heterocycles. The Bertz CT molecular complexity index is 415. The predicted molar refractivity (Wildman–Crippen MR) is 68.7 cm³/mol. The van der Waals surface area contributed by atoms with Crippen molar-refractivity contribution in [2.45, 2.75) is 32.7 Å². The molecule has 17 heavy (non-hydrogen) atoms. The number of ether oxygens (including phenoxy) is 2. The summed E-state index contributed by atoms with van der Waals surface area (Å²) in [7, 11) is 1.68. The van der Waals surface area contributed by atoms with E-state index < -0.39 is 0 Å². The molecule has 1 saturated carbocycles. The molecule has 1 fully saturated rings. The first-order valence-electron chi connectivity index (χ1n) is 6.09. The smallest absolute Gasteiger partial charge is 0.164 e. The number of para-hydroxylation sites is 1. The lowest BCUT2D eigenvalue weighted by Gasteiger charge is -2.14. The van der Waals surface area contributed by atoms with E-state index in [9.17, 15) is 0 Å². The molecule has 1 aliphatic rings. The zero-order valence-electron chi connectivity index (χ0n) is 11.0. The summed E-state index contributed by atoms with van der Waals surface area (Å²) >= 11 is 0. The summed E-state index contributed by atoms with van der Waals surface area (Å²) in [5, 5.41) is 0. The molecule has 0 aromatic heterocycles. The van der Waals surface area contributed by atoms with Crippen LogP contribution < -0.4 is 15.2 Å². The van der Waals surface area contributed by atoms with Crippen LogP contribution in [0.5, 0.6) is 11.5 Å². The first kappa shape index (κ1) is 12.2. The normalized spacial score (nSPS) is 25.5. The van der Waals surface area contributed by atoms with Crippen molar-refractivity contribution < 1.29 is 9.47 Å². The van der Waals surface area contributed by atoms with Gasteiger partial charge in [0.1, 0.15) is 0 Å². The maximum absolute atomic E-state index is 6.13. The molecule has 1 aromatic rings. The van der Waals surface area contributed by atoms with Crippen molar-refractivity contribution in [1.29, 1.82) is 0 Å². The molecule has 3 nitrogen and oxygen atoms in total. The fourth-order valence-electron chi connectivity index (χ4n) is 2.54. The van der Waals surface area contributed by atoms with Crippen molar-refractivity contribution in [3.63, 3.8) is 0 Å². The van der Waals surface area contributed by atoms with E-state index in [4.69, 9.17) is 15.2 Å². The number of benzene rings is 1. The SMILES string of the molecule is CCOc1cccc([C@@H]2[C@@H](N)C2(C)C)c1OC. The molecular formula is C14H21NO2. The largest absolute Gasteiger partial charge is 0.493 e. The minimum Gasteiger partial charge on any atom is -0.493 e. The Kier molecular flexibility index (Phi) is 3.04. The Morgan fingerprint density at radius 1 is 1.35 bits per heavy atom. The van der Waals surface area contributed by atoms with E-state index in [1.807, 2.05) is 19.1 Å². The van der Waals surface area contributed by atoms with E-state index in [2.05, 4.69) is 19.9 Å². The van der Waals surface area contributed by atoms with Crippen LogP contribution in [0.25, 0.3) is 0 Å². The van der Waals surface area contributed by atoms with Gasteiger partial charge in [-0.25, -0.2) is 0 Å². The minimum absolute atomic E-state index is 0.151. The van der Waals surface area contributed by atoms with Crippen molar-refractivity contribution in [1.82, 2.24) is 0 Å². The molecule has 0 bridgehead atoms. The van der Waals surface area contributed by atoms with Gasteiger partial charge >= 0.3 is 0 Å². The second kappa shape index (κ2) is 4.22. The zero-order valence-corrected chi connectivity index (χ0v) is 11.0. The topological polar surface area (TPSA) is 44.5 Å². The second-order valence-electron chi connectivity index (χ2n) is 5.14. The monoisotopic (exact) mass is 235 g/mol. The average Bonchev–Trinajstić information content (AvgIpc) is 2.78. The Morgan fingerprint density at radius 2 is 2.00 bits per heavy atom. The molecule has 0 aliphatic heterocycles. The predicted octanol–water partition coefficient (Wildman–Crippen LogP) is 2.54. The molecule has 1 aliphatic carbocycles. The van der Waals surface area contributed by atoms with E-state index in [0.717, 1.165) is 17.1 Å². The molecule has 2 N–H and O–H groups in total. The van der Waals surface area contributed by atoms with Gasteiger partial charge in [-0.05, 0) is 18.4 Å². The Labute approximate surface area is 103 Å². The highest BCUT2D eigenvalue weighted by molar-refractivity contribution is 5.52. The molecule has 0 heterocycles. The molecule has 2 rings (SSSR count). The first-order valence-corrected chi connectivity index (χ1v) is 6.09. The highest BCUT2D eigenvalue weighted by Gasteiger charge is 2.57. The summed E-state index contributed by atoms with van der Waals surface area (Å²) < 4.78 is 11.1. The molecule has 1 aromatic carbocycles. The maximum Gasteiger partial charge on any atom is 0.164 e. The van der Waals surface area contributed by atoms with E-state index in [0.29, 0.717) is 12.5 Å². The summed E-state index contributed by atoms with van der Waals surface area (Å²) in [6.07, 6.45) is 0. The molecule has 94 valence electrons. The number of hydrogen-bond acceptors (Lipinski definition) is 3. The highest BCUT2D eigenvalue weighted by atomic mass is 16.5. The van der Waals surface area contributed by atoms with Crippen LogP contribution in [0.3, 0.4) is 0 Å². The zero-order chi connectivity index (χ0) is 12.6. The summed E-state index contributed by atoms with van der Waals surface area (Å²) in [5.74, 6) is 2.00. The van der Waals surface area contributed by atoms with Crippen LogP contribution in [-0.2, 0) is 0 Å². The van der Waals surface area contributed by atoms with Gasteiger partial charge < -0.3 is 15.2 Å². The van der Waals surface area contributed by atoms with Gasteiger partial charge in [0.05, 0.1) is 13.7 Å². The quantitative estimate of drug-likeness (QED) is 0.872. The average molecular weight is 235 g/mol. The van der Waals surface area contributed by atoms with Gasteiger partial charge in [0.15, 0.2) is 11.5 Å². The Morgan fingerprint density at radius 3 is 2.47 bits per heavy atom. The highest BCUT2D eigenvalue weighted by Crippen LogP contribution is 2.60. The molecule has 0 unspecified atom stereocenters. The van der Waals surface area contributed by atoms with Crippen molar-refractivity contribution in [2.75, 3.05) is 13.7 Å². The van der Waals surface area contributed by atoms with Gasteiger partial charge in [-0.15, -0.1) is 0 Å². The van der Waals surface area contributed by atoms with Crippen LogP contribution in [0.1, 0.15) is 32.3 Å². The van der Waals surface area contributed by atoms with Crippen LogP contribution in [0.4, 0.5) is 0 Å². The number of nitrogens with two attached hydrogens (primary N) is 1. The first-order chi connectivity index (χ1) is 8.04. The number of hydrogen-bond donors (Lipinski definition) is 1. The van der Waals surface area contributed by atoms with Crippen LogP contribution in [0, 0.1) is 5.41 Å². The van der Waals surface area contributed by atoms with E-state index >= 15 is 0 Å².